The minimum absolute atomic E-state index is 0.176. The molecule has 0 radical (unpaired) electrons. The molecule has 0 amide bonds. The monoisotopic (exact) mass is 328 g/mol. The van der Waals surface area contributed by atoms with Crippen LogP contribution in [-0.2, 0) is 7.05 Å². The number of anilines is 2. The van der Waals surface area contributed by atoms with Crippen molar-refractivity contribution in [1.29, 1.82) is 0 Å². The van der Waals surface area contributed by atoms with Crippen molar-refractivity contribution in [2.75, 3.05) is 10.9 Å². The first-order valence-corrected chi connectivity index (χ1v) is 7.14. The molecule has 2 aromatic heterocycles. The van der Waals surface area contributed by atoms with Gasteiger partial charge >= 0.3 is 5.69 Å². The maximum atomic E-state index is 12.0. The average Bonchev–Trinajstić information content (AvgIpc) is 2.57. The zero-order valence-electron chi connectivity index (χ0n) is 12.2. The van der Waals surface area contributed by atoms with Gasteiger partial charge in [0.05, 0.1) is 5.69 Å². The highest BCUT2D eigenvalue weighted by Crippen LogP contribution is 2.19. The summed E-state index contributed by atoms with van der Waals surface area (Å²) in [6.07, 6.45) is 3.29. The number of rotatable bonds is 4. The molecule has 23 heavy (non-hydrogen) atoms. The molecule has 0 bridgehead atoms. The minimum atomic E-state index is -0.413. The van der Waals surface area contributed by atoms with Gasteiger partial charge in [0, 0.05) is 30.0 Å². The van der Waals surface area contributed by atoms with E-state index in [-0.39, 0.29) is 5.95 Å². The SMILES string of the molecule is Cn1c(-c2ccc(Cl)cc2)nc(NNc2ccncc2)nc1=O. The van der Waals surface area contributed by atoms with E-state index < -0.39 is 5.69 Å². The molecular formula is C15H13ClN6O. The van der Waals surface area contributed by atoms with Crippen LogP contribution in [0.15, 0.2) is 53.6 Å². The summed E-state index contributed by atoms with van der Waals surface area (Å²) in [5, 5.41) is 0.616. The second kappa shape index (κ2) is 6.45. The molecule has 0 spiro atoms. The molecule has 0 aliphatic carbocycles. The lowest BCUT2D eigenvalue weighted by Crippen LogP contribution is -2.26. The molecular weight excluding hydrogens is 316 g/mol. The minimum Gasteiger partial charge on any atom is -0.298 e. The normalized spacial score (nSPS) is 10.3. The Balaban J connectivity index is 1.90. The third-order valence-electron chi connectivity index (χ3n) is 3.12. The highest BCUT2D eigenvalue weighted by molar-refractivity contribution is 6.30. The van der Waals surface area contributed by atoms with Gasteiger partial charge < -0.3 is 0 Å². The average molecular weight is 329 g/mol. The molecule has 2 heterocycles. The smallest absolute Gasteiger partial charge is 0.298 e. The maximum absolute atomic E-state index is 12.0. The molecule has 0 fully saturated rings. The van der Waals surface area contributed by atoms with Crippen LogP contribution in [0.3, 0.4) is 0 Å². The Morgan fingerprint density at radius 2 is 1.70 bits per heavy atom. The Kier molecular flexibility index (Phi) is 4.20. The van der Waals surface area contributed by atoms with Crippen molar-refractivity contribution in [2.45, 2.75) is 0 Å². The van der Waals surface area contributed by atoms with E-state index >= 15 is 0 Å². The summed E-state index contributed by atoms with van der Waals surface area (Å²) in [7, 11) is 1.62. The van der Waals surface area contributed by atoms with Crippen LogP contribution in [0.5, 0.6) is 0 Å². The summed E-state index contributed by atoms with van der Waals surface area (Å²) in [6.45, 7) is 0. The van der Waals surface area contributed by atoms with E-state index in [0.29, 0.717) is 10.8 Å². The Morgan fingerprint density at radius 1 is 1.00 bits per heavy atom. The van der Waals surface area contributed by atoms with E-state index in [4.69, 9.17) is 11.6 Å². The maximum Gasteiger partial charge on any atom is 0.352 e. The van der Waals surface area contributed by atoms with Gasteiger partial charge in [0.25, 0.3) is 0 Å². The van der Waals surface area contributed by atoms with Crippen LogP contribution in [0.2, 0.25) is 5.02 Å². The number of hydrazine groups is 1. The first-order valence-electron chi connectivity index (χ1n) is 6.76. The van der Waals surface area contributed by atoms with Gasteiger partial charge in [-0.3, -0.25) is 20.4 Å². The molecule has 7 nitrogen and oxygen atoms in total. The van der Waals surface area contributed by atoms with Gasteiger partial charge in [-0.15, -0.1) is 0 Å². The molecule has 2 N–H and O–H groups in total. The van der Waals surface area contributed by atoms with Crippen LogP contribution in [0, 0.1) is 0 Å². The van der Waals surface area contributed by atoms with E-state index in [2.05, 4.69) is 25.8 Å². The lowest BCUT2D eigenvalue weighted by molar-refractivity contribution is 0.786. The number of hydrogen-bond acceptors (Lipinski definition) is 6. The van der Waals surface area contributed by atoms with Crippen molar-refractivity contribution in [2.24, 2.45) is 7.05 Å². The van der Waals surface area contributed by atoms with Crippen LogP contribution >= 0.6 is 11.6 Å². The molecule has 0 aliphatic rings. The summed E-state index contributed by atoms with van der Waals surface area (Å²) in [5.41, 5.74) is 6.85. The zero-order valence-corrected chi connectivity index (χ0v) is 12.9. The van der Waals surface area contributed by atoms with Gasteiger partial charge in [-0.25, -0.2) is 4.79 Å². The first kappa shape index (κ1) is 15.0. The van der Waals surface area contributed by atoms with E-state index in [1.807, 2.05) is 0 Å². The van der Waals surface area contributed by atoms with Gasteiger partial charge in [0.15, 0.2) is 0 Å². The summed E-state index contributed by atoms with van der Waals surface area (Å²) in [4.78, 5) is 24.2. The van der Waals surface area contributed by atoms with Crippen molar-refractivity contribution in [1.82, 2.24) is 19.5 Å². The van der Waals surface area contributed by atoms with Crippen LogP contribution in [-0.4, -0.2) is 19.5 Å². The lowest BCUT2D eigenvalue weighted by Gasteiger charge is -2.11. The van der Waals surface area contributed by atoms with Gasteiger partial charge in [0.2, 0.25) is 5.95 Å². The summed E-state index contributed by atoms with van der Waals surface area (Å²) in [5.74, 6) is 0.663. The van der Waals surface area contributed by atoms with Crippen molar-refractivity contribution < 1.29 is 0 Å². The fraction of sp³-hybridized carbons (Fsp3) is 0.0667. The third kappa shape index (κ3) is 3.46. The molecule has 8 heteroatoms. The topological polar surface area (TPSA) is 84.7 Å². The van der Waals surface area contributed by atoms with Crippen molar-refractivity contribution in [3.8, 4) is 11.4 Å². The standard InChI is InChI=1S/C15H13ClN6O/c1-22-13(10-2-4-11(16)5-3-10)18-14(19-15(22)23)21-20-12-6-8-17-9-7-12/h2-9H,1H3,(H,17,20)(H,19,21,23). The summed E-state index contributed by atoms with van der Waals surface area (Å²) in [6, 6.07) is 10.6. The fourth-order valence-electron chi connectivity index (χ4n) is 1.93. The molecule has 3 aromatic rings. The summed E-state index contributed by atoms with van der Waals surface area (Å²) >= 11 is 5.89. The van der Waals surface area contributed by atoms with Crippen molar-refractivity contribution in [3.05, 3.63) is 64.3 Å². The van der Waals surface area contributed by atoms with Gasteiger partial charge in [-0.2, -0.15) is 9.97 Å². The van der Waals surface area contributed by atoms with Crippen LogP contribution < -0.4 is 16.5 Å². The number of pyridine rings is 1. The third-order valence-corrected chi connectivity index (χ3v) is 3.37. The first-order chi connectivity index (χ1) is 11.1. The van der Waals surface area contributed by atoms with Crippen LogP contribution in [0.1, 0.15) is 0 Å². The lowest BCUT2D eigenvalue weighted by atomic mass is 10.2. The van der Waals surface area contributed by atoms with E-state index in [0.717, 1.165) is 11.3 Å². The van der Waals surface area contributed by atoms with Crippen molar-refractivity contribution >= 4 is 23.2 Å². The van der Waals surface area contributed by atoms with Crippen molar-refractivity contribution in [3.63, 3.8) is 0 Å². The Labute approximate surface area is 137 Å². The number of halogens is 1. The molecule has 116 valence electrons. The number of hydrogen-bond donors (Lipinski definition) is 2. The van der Waals surface area contributed by atoms with Gasteiger partial charge in [-0.05, 0) is 36.4 Å². The Bertz CT molecular complexity index is 863. The summed E-state index contributed by atoms with van der Waals surface area (Å²) < 4.78 is 1.38. The van der Waals surface area contributed by atoms with Crippen LogP contribution in [0.25, 0.3) is 11.4 Å². The molecule has 0 atom stereocenters. The number of benzene rings is 1. The molecule has 0 saturated heterocycles. The predicted molar refractivity (Wildman–Crippen MR) is 89.2 cm³/mol. The second-order valence-electron chi connectivity index (χ2n) is 4.71. The van der Waals surface area contributed by atoms with Gasteiger partial charge in [-0.1, -0.05) is 11.6 Å². The predicted octanol–water partition coefficient (Wildman–Crippen LogP) is 2.33. The molecule has 3 rings (SSSR count). The fourth-order valence-corrected chi connectivity index (χ4v) is 2.06. The molecule has 1 aromatic carbocycles. The highest BCUT2D eigenvalue weighted by Gasteiger charge is 2.09. The van der Waals surface area contributed by atoms with E-state index in [1.54, 1.807) is 55.8 Å². The Morgan fingerprint density at radius 3 is 2.39 bits per heavy atom. The zero-order chi connectivity index (χ0) is 16.2. The second-order valence-corrected chi connectivity index (χ2v) is 5.14. The van der Waals surface area contributed by atoms with E-state index in [9.17, 15) is 4.79 Å². The molecule has 0 saturated carbocycles. The largest absolute Gasteiger partial charge is 0.352 e. The van der Waals surface area contributed by atoms with E-state index in [1.165, 1.54) is 4.57 Å². The number of nitrogens with one attached hydrogen (secondary N) is 2. The Hall–Kier alpha value is -2.93. The molecule has 0 unspecified atom stereocenters. The van der Waals surface area contributed by atoms with Gasteiger partial charge in [0.1, 0.15) is 5.82 Å². The highest BCUT2D eigenvalue weighted by atomic mass is 35.5. The van der Waals surface area contributed by atoms with Crippen LogP contribution in [0.4, 0.5) is 11.6 Å². The quantitative estimate of drug-likeness (QED) is 0.715. The number of aromatic nitrogens is 4. The number of nitrogens with zero attached hydrogens (tertiary/aromatic N) is 4. The molecule has 0 aliphatic heterocycles.